The normalized spacial score (nSPS) is 16.1. The molecule has 162 valence electrons. The second-order valence-electron chi connectivity index (χ2n) is 7.25. The first-order valence-electron chi connectivity index (χ1n) is 9.97. The van der Waals surface area contributed by atoms with Crippen LogP contribution in [0.15, 0.2) is 53.0 Å². The highest BCUT2D eigenvalue weighted by Crippen LogP contribution is 2.25. The average molecular weight is 478 g/mol. The van der Waals surface area contributed by atoms with Gasteiger partial charge in [0.05, 0.1) is 13.7 Å². The number of nitrogens with one attached hydrogen (secondary N) is 1. The lowest BCUT2D eigenvalue weighted by molar-refractivity contribution is -0.117. The van der Waals surface area contributed by atoms with Gasteiger partial charge in [0.25, 0.3) is 0 Å². The van der Waals surface area contributed by atoms with Gasteiger partial charge in [-0.05, 0) is 36.4 Å². The molecule has 2 aromatic rings. The van der Waals surface area contributed by atoms with Gasteiger partial charge < -0.3 is 19.9 Å². The van der Waals surface area contributed by atoms with E-state index in [1.165, 1.54) is 0 Å². The number of ether oxygens (including phenoxy) is 2. The first-order valence-corrected chi connectivity index (χ1v) is 10.8. The van der Waals surface area contributed by atoms with Crippen molar-refractivity contribution in [2.75, 3.05) is 58.3 Å². The summed E-state index contributed by atoms with van der Waals surface area (Å²) in [5.41, 5.74) is 0.792. The van der Waals surface area contributed by atoms with Crippen molar-refractivity contribution in [2.24, 2.45) is 0 Å². The number of carbonyl (C=O) groups excluding carboxylic acids is 1. The summed E-state index contributed by atoms with van der Waals surface area (Å²) in [6.45, 7) is 4.28. The Balaban J connectivity index is 1.35. The van der Waals surface area contributed by atoms with E-state index in [2.05, 4.69) is 31.0 Å². The molecule has 0 bridgehead atoms. The number of hydrogen-bond donors (Lipinski definition) is 2. The molecule has 0 aromatic heterocycles. The fraction of sp³-hybridized carbons (Fsp3) is 0.409. The minimum atomic E-state index is -0.595. The first kappa shape index (κ1) is 22.6. The lowest BCUT2D eigenvalue weighted by atomic mass is 10.2. The lowest BCUT2D eigenvalue weighted by Gasteiger charge is -2.35. The molecule has 7 nitrogen and oxygen atoms in total. The lowest BCUT2D eigenvalue weighted by Crippen LogP contribution is -2.50. The van der Waals surface area contributed by atoms with Crippen LogP contribution in [0.3, 0.4) is 0 Å². The predicted octanol–water partition coefficient (Wildman–Crippen LogP) is 2.45. The van der Waals surface area contributed by atoms with E-state index < -0.39 is 6.10 Å². The summed E-state index contributed by atoms with van der Waals surface area (Å²) in [5.74, 6) is 1.26. The van der Waals surface area contributed by atoms with Crippen LogP contribution in [0.2, 0.25) is 0 Å². The van der Waals surface area contributed by atoms with Crippen LogP contribution in [-0.2, 0) is 4.79 Å². The highest BCUT2D eigenvalue weighted by molar-refractivity contribution is 9.10. The number of piperazine rings is 1. The number of β-amino-alcohol motifs (C(OH)–C–C–N with tert-alkyl or cyclic N) is 1. The Morgan fingerprint density at radius 1 is 1.07 bits per heavy atom. The molecule has 1 fully saturated rings. The van der Waals surface area contributed by atoms with Crippen molar-refractivity contribution in [3.05, 3.63) is 53.0 Å². The van der Waals surface area contributed by atoms with Gasteiger partial charge in [-0.3, -0.25) is 14.6 Å². The molecular formula is C22H28BrN3O4. The number of para-hydroxylation sites is 2. The van der Waals surface area contributed by atoms with Crippen molar-refractivity contribution >= 4 is 27.5 Å². The van der Waals surface area contributed by atoms with E-state index in [9.17, 15) is 9.90 Å². The molecule has 1 aliphatic heterocycles. The summed E-state index contributed by atoms with van der Waals surface area (Å²) in [7, 11) is 1.59. The van der Waals surface area contributed by atoms with Gasteiger partial charge in [0.1, 0.15) is 12.7 Å². The Bertz CT molecular complexity index is 810. The number of halogens is 1. The van der Waals surface area contributed by atoms with Crippen molar-refractivity contribution in [3.8, 4) is 11.5 Å². The number of benzene rings is 2. The minimum Gasteiger partial charge on any atom is -0.493 e. The number of rotatable bonds is 9. The third-order valence-electron chi connectivity index (χ3n) is 4.93. The molecule has 1 aliphatic rings. The van der Waals surface area contributed by atoms with E-state index in [1.54, 1.807) is 7.11 Å². The zero-order chi connectivity index (χ0) is 21.3. The smallest absolute Gasteiger partial charge is 0.238 e. The van der Waals surface area contributed by atoms with E-state index in [0.29, 0.717) is 24.6 Å². The summed E-state index contributed by atoms with van der Waals surface area (Å²) in [6.07, 6.45) is -0.595. The largest absolute Gasteiger partial charge is 0.493 e. The van der Waals surface area contributed by atoms with Crippen LogP contribution in [0, 0.1) is 0 Å². The number of amides is 1. The molecule has 8 heteroatoms. The first-order chi connectivity index (χ1) is 14.5. The van der Waals surface area contributed by atoms with Gasteiger partial charge in [-0.2, -0.15) is 0 Å². The molecule has 30 heavy (non-hydrogen) atoms. The number of hydrogen-bond acceptors (Lipinski definition) is 6. The molecule has 3 rings (SSSR count). The highest BCUT2D eigenvalue weighted by atomic mass is 79.9. The summed E-state index contributed by atoms with van der Waals surface area (Å²) in [6, 6.07) is 14.9. The Labute approximate surface area is 185 Å². The number of carbonyl (C=O) groups is 1. The summed E-state index contributed by atoms with van der Waals surface area (Å²) >= 11 is 3.38. The maximum atomic E-state index is 12.3. The highest BCUT2D eigenvalue weighted by Gasteiger charge is 2.21. The molecule has 1 amide bonds. The molecule has 0 radical (unpaired) electrons. The van der Waals surface area contributed by atoms with E-state index in [0.717, 1.165) is 36.3 Å². The predicted molar refractivity (Wildman–Crippen MR) is 120 cm³/mol. The van der Waals surface area contributed by atoms with Crippen LogP contribution in [-0.4, -0.2) is 79.9 Å². The standard InChI is InChI=1S/C22H28BrN3O4/c1-29-20-4-2-3-5-21(20)30-16-19(27)14-25-10-12-26(13-11-25)15-22(28)24-18-8-6-17(23)7-9-18/h2-9,19,27H,10-16H2,1H3,(H,24,28). The quantitative estimate of drug-likeness (QED) is 0.577. The Morgan fingerprint density at radius 3 is 2.37 bits per heavy atom. The van der Waals surface area contributed by atoms with Crippen molar-refractivity contribution in [1.29, 1.82) is 0 Å². The fourth-order valence-corrected chi connectivity index (χ4v) is 3.61. The molecule has 1 heterocycles. The number of nitrogens with zero attached hydrogens (tertiary/aromatic N) is 2. The topological polar surface area (TPSA) is 74.3 Å². The third kappa shape index (κ3) is 6.98. The van der Waals surface area contributed by atoms with Gasteiger partial charge in [0.2, 0.25) is 5.91 Å². The van der Waals surface area contributed by atoms with Crippen molar-refractivity contribution in [2.45, 2.75) is 6.10 Å². The molecule has 1 unspecified atom stereocenters. The van der Waals surface area contributed by atoms with Crippen molar-refractivity contribution in [1.82, 2.24) is 9.80 Å². The fourth-order valence-electron chi connectivity index (χ4n) is 3.34. The average Bonchev–Trinajstić information content (AvgIpc) is 2.75. The van der Waals surface area contributed by atoms with Gasteiger partial charge >= 0.3 is 0 Å². The summed E-state index contributed by atoms with van der Waals surface area (Å²) in [4.78, 5) is 16.6. The van der Waals surface area contributed by atoms with E-state index in [1.807, 2.05) is 48.5 Å². The molecule has 1 atom stereocenters. The molecule has 0 aliphatic carbocycles. The number of aliphatic hydroxyl groups is 1. The van der Waals surface area contributed by atoms with Crippen LogP contribution in [0.1, 0.15) is 0 Å². The molecule has 0 saturated carbocycles. The molecule has 1 saturated heterocycles. The van der Waals surface area contributed by atoms with Gasteiger partial charge in [0, 0.05) is 42.9 Å². The molecule has 0 spiro atoms. The summed E-state index contributed by atoms with van der Waals surface area (Å²) in [5, 5.41) is 13.3. The summed E-state index contributed by atoms with van der Waals surface area (Å²) < 4.78 is 11.9. The minimum absolute atomic E-state index is 0.0176. The van der Waals surface area contributed by atoms with Crippen LogP contribution >= 0.6 is 15.9 Å². The Morgan fingerprint density at radius 2 is 1.70 bits per heavy atom. The van der Waals surface area contributed by atoms with Crippen molar-refractivity contribution in [3.63, 3.8) is 0 Å². The zero-order valence-electron chi connectivity index (χ0n) is 17.1. The zero-order valence-corrected chi connectivity index (χ0v) is 18.7. The van der Waals surface area contributed by atoms with Crippen LogP contribution in [0.25, 0.3) is 0 Å². The Hall–Kier alpha value is -2.13. The molecule has 2 aromatic carbocycles. The van der Waals surface area contributed by atoms with Crippen LogP contribution in [0.5, 0.6) is 11.5 Å². The number of aliphatic hydroxyl groups excluding tert-OH is 1. The SMILES string of the molecule is COc1ccccc1OCC(O)CN1CCN(CC(=O)Nc2ccc(Br)cc2)CC1. The Kier molecular flexibility index (Phi) is 8.50. The maximum Gasteiger partial charge on any atom is 0.238 e. The van der Waals surface area contributed by atoms with Crippen molar-refractivity contribution < 1.29 is 19.4 Å². The second kappa shape index (κ2) is 11.3. The number of methoxy groups -OCH3 is 1. The van der Waals surface area contributed by atoms with Gasteiger partial charge in [-0.1, -0.05) is 28.1 Å². The van der Waals surface area contributed by atoms with Gasteiger partial charge in [0.15, 0.2) is 11.5 Å². The maximum absolute atomic E-state index is 12.3. The van der Waals surface area contributed by atoms with Crippen LogP contribution < -0.4 is 14.8 Å². The monoisotopic (exact) mass is 477 g/mol. The third-order valence-corrected chi connectivity index (χ3v) is 5.46. The van der Waals surface area contributed by atoms with Crippen LogP contribution in [0.4, 0.5) is 5.69 Å². The molecular weight excluding hydrogens is 450 g/mol. The second-order valence-corrected chi connectivity index (χ2v) is 8.16. The molecule has 2 N–H and O–H groups in total. The van der Waals surface area contributed by atoms with Gasteiger partial charge in [-0.25, -0.2) is 0 Å². The van der Waals surface area contributed by atoms with E-state index in [4.69, 9.17) is 9.47 Å². The number of anilines is 1. The van der Waals surface area contributed by atoms with E-state index in [-0.39, 0.29) is 12.5 Å². The van der Waals surface area contributed by atoms with Gasteiger partial charge in [-0.15, -0.1) is 0 Å². The van der Waals surface area contributed by atoms with E-state index >= 15 is 0 Å².